The Morgan fingerprint density at radius 2 is 1.80 bits per heavy atom. The molecule has 0 bridgehead atoms. The van der Waals surface area contributed by atoms with Crippen molar-refractivity contribution >= 4 is 0 Å². The van der Waals surface area contributed by atoms with Crippen LogP contribution in [0.2, 0.25) is 0 Å². The molecule has 1 aliphatic rings. The molecule has 62 valence electrons. The second-order valence-electron chi connectivity index (χ2n) is 2.75. The van der Waals surface area contributed by atoms with Crippen LogP contribution in [0.4, 0.5) is 0 Å². The van der Waals surface area contributed by atoms with Crippen molar-refractivity contribution in [3.8, 4) is 0 Å². The Bertz CT molecular complexity index is 63.7. The number of hydrogen-bond acceptors (Lipinski definition) is 2. The van der Waals surface area contributed by atoms with E-state index in [1.54, 1.807) is 7.11 Å². The summed E-state index contributed by atoms with van der Waals surface area (Å²) in [7, 11) is 1.70. The van der Waals surface area contributed by atoms with E-state index in [2.05, 4.69) is 6.92 Å². The molecule has 0 N–H and O–H groups in total. The zero-order valence-electron chi connectivity index (χ0n) is 7.39. The van der Waals surface area contributed by atoms with Crippen molar-refractivity contribution in [2.45, 2.75) is 39.4 Å². The molecule has 2 nitrogen and oxygen atoms in total. The predicted molar refractivity (Wildman–Crippen MR) is 42.2 cm³/mol. The predicted octanol–water partition coefficient (Wildman–Crippen LogP) is 1.84. The minimum atomic E-state index is 0.384. The van der Waals surface area contributed by atoms with E-state index in [1.165, 1.54) is 6.42 Å². The monoisotopic (exact) mass is 146 g/mol. The molecule has 0 spiro atoms. The summed E-state index contributed by atoms with van der Waals surface area (Å²) in [5.74, 6) is 0. The summed E-state index contributed by atoms with van der Waals surface area (Å²) in [6, 6.07) is 0. The molecule has 0 radical (unpaired) electrons. The van der Waals surface area contributed by atoms with Crippen LogP contribution >= 0.6 is 0 Å². The quantitative estimate of drug-likeness (QED) is 0.562. The van der Waals surface area contributed by atoms with Crippen LogP contribution in [-0.2, 0) is 9.47 Å². The number of hydrogen-bond donors (Lipinski definition) is 0. The van der Waals surface area contributed by atoms with Crippen molar-refractivity contribution in [3.05, 3.63) is 0 Å². The third-order valence-electron chi connectivity index (χ3n) is 1.40. The van der Waals surface area contributed by atoms with Gasteiger partial charge in [-0.25, -0.2) is 0 Å². The van der Waals surface area contributed by atoms with E-state index < -0.39 is 0 Å². The first-order chi connectivity index (χ1) is 4.66. The highest BCUT2D eigenvalue weighted by atomic mass is 16.5. The van der Waals surface area contributed by atoms with E-state index in [4.69, 9.17) is 9.47 Å². The van der Waals surface area contributed by atoms with Crippen LogP contribution in [0.1, 0.15) is 27.2 Å². The van der Waals surface area contributed by atoms with Crippen LogP contribution < -0.4 is 0 Å². The molecule has 0 aromatic rings. The maximum atomic E-state index is 4.93. The molecule has 1 saturated heterocycles. The third-order valence-corrected chi connectivity index (χ3v) is 1.40. The number of rotatable bonds is 1. The van der Waals surface area contributed by atoms with E-state index in [9.17, 15) is 0 Å². The average molecular weight is 146 g/mol. The maximum Gasteiger partial charge on any atom is 0.0568 e. The van der Waals surface area contributed by atoms with E-state index in [0.29, 0.717) is 12.2 Å². The first-order valence-electron chi connectivity index (χ1n) is 3.81. The Morgan fingerprint density at radius 1 is 1.50 bits per heavy atom. The van der Waals surface area contributed by atoms with E-state index >= 15 is 0 Å². The summed E-state index contributed by atoms with van der Waals surface area (Å²) in [4.78, 5) is 0. The van der Waals surface area contributed by atoms with Gasteiger partial charge in [0.1, 0.15) is 0 Å². The van der Waals surface area contributed by atoms with Gasteiger partial charge in [0.25, 0.3) is 0 Å². The first-order valence-corrected chi connectivity index (χ1v) is 3.81. The summed E-state index contributed by atoms with van der Waals surface area (Å²) in [5, 5.41) is 0. The molecule has 1 aliphatic heterocycles. The zero-order valence-corrected chi connectivity index (χ0v) is 7.39. The lowest BCUT2D eigenvalue weighted by molar-refractivity contribution is -0.0375. The van der Waals surface area contributed by atoms with Crippen molar-refractivity contribution < 1.29 is 9.47 Å². The van der Waals surface area contributed by atoms with Gasteiger partial charge in [0.2, 0.25) is 0 Å². The summed E-state index contributed by atoms with van der Waals surface area (Å²) in [5.41, 5.74) is 0. The Balaban J connectivity index is 0.000000162. The van der Waals surface area contributed by atoms with Gasteiger partial charge in [-0.05, 0) is 27.2 Å². The topological polar surface area (TPSA) is 18.5 Å². The molecule has 1 fully saturated rings. The summed E-state index contributed by atoms with van der Waals surface area (Å²) < 4.78 is 9.68. The molecule has 1 atom stereocenters. The fraction of sp³-hybridized carbons (Fsp3) is 1.00. The van der Waals surface area contributed by atoms with Crippen molar-refractivity contribution in [1.82, 2.24) is 0 Å². The van der Waals surface area contributed by atoms with Gasteiger partial charge in [-0.3, -0.25) is 0 Å². The largest absolute Gasteiger partial charge is 0.382 e. The van der Waals surface area contributed by atoms with Gasteiger partial charge in [0, 0.05) is 13.7 Å². The van der Waals surface area contributed by atoms with E-state index in [0.717, 1.165) is 6.61 Å². The molecule has 0 aliphatic carbocycles. The van der Waals surface area contributed by atoms with Crippen LogP contribution in [0.3, 0.4) is 0 Å². The van der Waals surface area contributed by atoms with Crippen LogP contribution in [0.25, 0.3) is 0 Å². The van der Waals surface area contributed by atoms with E-state index in [1.807, 2.05) is 13.8 Å². The lowest BCUT2D eigenvalue weighted by atomic mass is 10.2. The third kappa shape index (κ3) is 6.05. The van der Waals surface area contributed by atoms with Crippen molar-refractivity contribution in [2.24, 2.45) is 0 Å². The van der Waals surface area contributed by atoms with Crippen molar-refractivity contribution in [2.75, 3.05) is 13.7 Å². The zero-order chi connectivity index (χ0) is 7.98. The summed E-state index contributed by atoms with van der Waals surface area (Å²) >= 11 is 0. The van der Waals surface area contributed by atoms with Crippen LogP contribution in [0.15, 0.2) is 0 Å². The number of methoxy groups -OCH3 is 1. The second-order valence-corrected chi connectivity index (χ2v) is 2.75. The van der Waals surface area contributed by atoms with Gasteiger partial charge in [0.15, 0.2) is 0 Å². The highest BCUT2D eigenvalue weighted by molar-refractivity contribution is 4.57. The molecule has 2 heteroatoms. The Labute approximate surface area is 63.5 Å². The minimum Gasteiger partial charge on any atom is -0.382 e. The summed E-state index contributed by atoms with van der Waals surface area (Å²) in [6.45, 7) is 7.07. The van der Waals surface area contributed by atoms with Gasteiger partial charge in [-0.1, -0.05) is 0 Å². The fourth-order valence-electron chi connectivity index (χ4n) is 0.354. The highest BCUT2D eigenvalue weighted by Gasteiger charge is 2.09. The van der Waals surface area contributed by atoms with Crippen molar-refractivity contribution in [1.29, 1.82) is 0 Å². The Hall–Kier alpha value is -0.0800. The van der Waals surface area contributed by atoms with Crippen LogP contribution in [0.5, 0.6) is 0 Å². The number of ether oxygens (including phenoxy) is 2. The maximum absolute atomic E-state index is 4.93. The Kier molecular flexibility index (Phi) is 5.64. The molecule has 0 aromatic heterocycles. The lowest BCUT2D eigenvalue weighted by Crippen LogP contribution is -2.22. The molecule has 1 rings (SSSR count). The lowest BCUT2D eigenvalue weighted by Gasteiger charge is -2.20. The minimum absolute atomic E-state index is 0.384. The van der Waals surface area contributed by atoms with Gasteiger partial charge in [-0.15, -0.1) is 0 Å². The van der Waals surface area contributed by atoms with Gasteiger partial charge in [-0.2, -0.15) is 0 Å². The van der Waals surface area contributed by atoms with E-state index in [-0.39, 0.29) is 0 Å². The van der Waals surface area contributed by atoms with Gasteiger partial charge in [0.05, 0.1) is 12.2 Å². The standard InChI is InChI=1S/C4H8O.C4H10O/c1-4-2-3-5-4;1-4(2)5-3/h4H,2-3H2,1H3;4H,1-3H3. The molecule has 10 heavy (non-hydrogen) atoms. The summed E-state index contributed by atoms with van der Waals surface area (Å²) in [6.07, 6.45) is 2.21. The fourth-order valence-corrected chi connectivity index (χ4v) is 0.354. The highest BCUT2D eigenvalue weighted by Crippen LogP contribution is 2.07. The smallest absolute Gasteiger partial charge is 0.0568 e. The molecule has 0 saturated carbocycles. The molecular formula is C8H18O2. The molecule has 0 amide bonds. The van der Waals surface area contributed by atoms with Crippen LogP contribution in [-0.4, -0.2) is 25.9 Å². The first kappa shape index (κ1) is 9.92. The molecule has 1 unspecified atom stereocenters. The molecular weight excluding hydrogens is 128 g/mol. The van der Waals surface area contributed by atoms with Gasteiger partial charge < -0.3 is 9.47 Å². The van der Waals surface area contributed by atoms with Crippen molar-refractivity contribution in [3.63, 3.8) is 0 Å². The second kappa shape index (κ2) is 5.69. The van der Waals surface area contributed by atoms with Gasteiger partial charge >= 0.3 is 0 Å². The normalized spacial score (nSPS) is 23.1. The Morgan fingerprint density at radius 3 is 1.80 bits per heavy atom. The SMILES string of the molecule is CC1CCO1.COC(C)C. The molecule has 0 aromatic carbocycles. The average Bonchev–Trinajstić information content (AvgIpc) is 1.85. The van der Waals surface area contributed by atoms with Crippen LogP contribution in [0, 0.1) is 0 Å². The molecule has 1 heterocycles.